The summed E-state index contributed by atoms with van der Waals surface area (Å²) in [5.41, 5.74) is 9.31. The van der Waals surface area contributed by atoms with Crippen LogP contribution in [0.5, 0.6) is 0 Å². The van der Waals surface area contributed by atoms with Gasteiger partial charge in [-0.25, -0.2) is 0 Å². The second kappa shape index (κ2) is 5.10. The lowest BCUT2D eigenvalue weighted by atomic mass is 9.78. The molecule has 1 heterocycles. The molecule has 1 amide bonds. The van der Waals surface area contributed by atoms with Gasteiger partial charge in [0.15, 0.2) is 0 Å². The number of nitrogens with one attached hydrogen (secondary N) is 1. The number of carbonyl (C=O) groups excluding carboxylic acids is 1. The number of hydrogen-bond donors (Lipinski definition) is 2. The molecule has 3 atom stereocenters. The van der Waals surface area contributed by atoms with Crippen molar-refractivity contribution in [1.82, 2.24) is 0 Å². The molecule has 3 unspecified atom stereocenters. The van der Waals surface area contributed by atoms with E-state index in [0.29, 0.717) is 0 Å². The maximum Gasteiger partial charge on any atom is 0.241 e. The molecule has 1 aliphatic heterocycles. The van der Waals surface area contributed by atoms with Crippen LogP contribution in [-0.2, 0) is 4.79 Å². The molecule has 0 aromatic heterocycles. The molecule has 20 heavy (non-hydrogen) atoms. The summed E-state index contributed by atoms with van der Waals surface area (Å²) < 4.78 is 0. The summed E-state index contributed by atoms with van der Waals surface area (Å²) in [5, 5.41) is 2.94. The van der Waals surface area contributed by atoms with Crippen LogP contribution in [0.2, 0.25) is 0 Å². The van der Waals surface area contributed by atoms with Crippen molar-refractivity contribution >= 4 is 11.6 Å². The fraction of sp³-hybridized carbons (Fsp3) is 0.235. The highest BCUT2D eigenvalue weighted by Gasteiger charge is 2.34. The Labute approximate surface area is 118 Å². The van der Waals surface area contributed by atoms with Crippen LogP contribution in [0, 0.1) is 5.92 Å². The van der Waals surface area contributed by atoms with E-state index in [2.05, 4.69) is 23.5 Å². The van der Waals surface area contributed by atoms with E-state index in [0.717, 1.165) is 11.3 Å². The van der Waals surface area contributed by atoms with Gasteiger partial charge in [0, 0.05) is 11.6 Å². The normalized spacial score (nSPS) is 25.5. The quantitative estimate of drug-likeness (QED) is 0.834. The third-order valence-corrected chi connectivity index (χ3v) is 4.11. The summed E-state index contributed by atoms with van der Waals surface area (Å²) in [7, 11) is 0. The van der Waals surface area contributed by atoms with Gasteiger partial charge in [-0.1, -0.05) is 55.5 Å². The Balaban J connectivity index is 2.17. The third-order valence-electron chi connectivity index (χ3n) is 4.11. The predicted molar refractivity (Wildman–Crippen MR) is 80.5 cm³/mol. The third kappa shape index (κ3) is 2.10. The molecule has 3 rings (SSSR count). The van der Waals surface area contributed by atoms with Crippen molar-refractivity contribution in [3.05, 3.63) is 65.7 Å². The van der Waals surface area contributed by atoms with Gasteiger partial charge in [-0.05, 0) is 23.1 Å². The summed E-state index contributed by atoms with van der Waals surface area (Å²) in [6.45, 7) is 2.05. The van der Waals surface area contributed by atoms with Crippen LogP contribution in [0.4, 0.5) is 5.69 Å². The zero-order valence-corrected chi connectivity index (χ0v) is 11.4. The minimum absolute atomic E-state index is 0.0426. The average molecular weight is 266 g/mol. The van der Waals surface area contributed by atoms with Gasteiger partial charge in [-0.2, -0.15) is 0 Å². The lowest BCUT2D eigenvalue weighted by Crippen LogP contribution is -2.41. The van der Waals surface area contributed by atoms with E-state index in [1.807, 2.05) is 43.3 Å². The molecular weight excluding hydrogens is 248 g/mol. The van der Waals surface area contributed by atoms with Gasteiger partial charge in [0.25, 0.3) is 0 Å². The minimum atomic E-state index is -0.507. The van der Waals surface area contributed by atoms with Crippen LogP contribution < -0.4 is 11.1 Å². The zero-order chi connectivity index (χ0) is 14.1. The second-order valence-electron chi connectivity index (χ2n) is 5.35. The Morgan fingerprint density at radius 3 is 2.40 bits per heavy atom. The highest BCUT2D eigenvalue weighted by atomic mass is 16.2. The molecule has 0 spiro atoms. The Morgan fingerprint density at radius 2 is 1.65 bits per heavy atom. The Hall–Kier alpha value is -2.13. The van der Waals surface area contributed by atoms with Gasteiger partial charge in [-0.3, -0.25) is 4.79 Å². The van der Waals surface area contributed by atoms with E-state index in [1.165, 1.54) is 5.56 Å². The van der Waals surface area contributed by atoms with Crippen molar-refractivity contribution in [3.8, 4) is 0 Å². The summed E-state index contributed by atoms with van der Waals surface area (Å²) in [4.78, 5) is 12.1. The lowest BCUT2D eigenvalue weighted by Gasteiger charge is -2.26. The summed E-state index contributed by atoms with van der Waals surface area (Å²) in [6, 6.07) is 17.7. The number of benzene rings is 2. The van der Waals surface area contributed by atoms with Crippen molar-refractivity contribution in [2.24, 2.45) is 11.7 Å². The zero-order valence-electron chi connectivity index (χ0n) is 11.4. The standard InChI is InChI=1S/C17H18N2O/c1-11-15(12-7-3-2-4-8-12)13-9-5-6-10-14(13)19-17(20)16(11)18/h2-11,15-16H,18H2,1H3,(H,19,20). The number of fused-ring (bicyclic) bond motifs is 1. The number of para-hydroxylation sites is 1. The SMILES string of the molecule is CC1C(N)C(=O)Nc2ccccc2C1c1ccccc1. The predicted octanol–water partition coefficient (Wildman–Crippen LogP) is 2.73. The number of nitrogens with two attached hydrogens (primary N) is 1. The van der Waals surface area contributed by atoms with E-state index in [1.54, 1.807) is 0 Å². The van der Waals surface area contributed by atoms with E-state index in [-0.39, 0.29) is 17.7 Å². The summed E-state index contributed by atoms with van der Waals surface area (Å²) in [6.07, 6.45) is 0. The van der Waals surface area contributed by atoms with Gasteiger partial charge in [0.2, 0.25) is 5.91 Å². The molecule has 0 saturated carbocycles. The molecule has 2 aromatic carbocycles. The van der Waals surface area contributed by atoms with Crippen LogP contribution in [-0.4, -0.2) is 11.9 Å². The molecule has 3 heteroatoms. The van der Waals surface area contributed by atoms with Crippen molar-refractivity contribution in [2.45, 2.75) is 18.9 Å². The van der Waals surface area contributed by atoms with Crippen LogP contribution >= 0.6 is 0 Å². The Bertz CT molecular complexity index is 624. The smallest absolute Gasteiger partial charge is 0.241 e. The van der Waals surface area contributed by atoms with E-state index >= 15 is 0 Å². The van der Waals surface area contributed by atoms with Crippen molar-refractivity contribution in [1.29, 1.82) is 0 Å². The van der Waals surface area contributed by atoms with E-state index < -0.39 is 6.04 Å². The van der Waals surface area contributed by atoms with Crippen LogP contribution in [0.25, 0.3) is 0 Å². The fourth-order valence-electron chi connectivity index (χ4n) is 2.97. The van der Waals surface area contributed by atoms with Crippen LogP contribution in [0.15, 0.2) is 54.6 Å². The van der Waals surface area contributed by atoms with E-state index in [9.17, 15) is 4.79 Å². The molecular formula is C17H18N2O. The number of hydrogen-bond acceptors (Lipinski definition) is 2. The van der Waals surface area contributed by atoms with Crippen LogP contribution in [0.1, 0.15) is 24.0 Å². The topological polar surface area (TPSA) is 55.1 Å². The maximum absolute atomic E-state index is 12.1. The van der Waals surface area contributed by atoms with Gasteiger partial charge < -0.3 is 11.1 Å². The highest BCUT2D eigenvalue weighted by molar-refractivity contribution is 5.96. The molecule has 0 saturated heterocycles. The van der Waals surface area contributed by atoms with E-state index in [4.69, 9.17) is 5.73 Å². The molecule has 0 aliphatic carbocycles. The first kappa shape index (κ1) is 12.9. The Morgan fingerprint density at radius 1 is 1.00 bits per heavy atom. The number of rotatable bonds is 1. The largest absolute Gasteiger partial charge is 0.324 e. The Kier molecular flexibility index (Phi) is 3.28. The molecule has 2 aromatic rings. The second-order valence-corrected chi connectivity index (χ2v) is 5.35. The number of carbonyl (C=O) groups is 1. The molecule has 0 fully saturated rings. The first-order valence-corrected chi connectivity index (χ1v) is 6.89. The van der Waals surface area contributed by atoms with Gasteiger partial charge in [0.1, 0.15) is 0 Å². The van der Waals surface area contributed by atoms with Gasteiger partial charge >= 0.3 is 0 Å². The van der Waals surface area contributed by atoms with Crippen molar-refractivity contribution in [2.75, 3.05) is 5.32 Å². The molecule has 0 bridgehead atoms. The molecule has 3 nitrogen and oxygen atoms in total. The highest BCUT2D eigenvalue weighted by Crippen LogP contribution is 2.39. The first-order valence-electron chi connectivity index (χ1n) is 6.89. The monoisotopic (exact) mass is 266 g/mol. The van der Waals surface area contributed by atoms with Gasteiger partial charge in [0.05, 0.1) is 6.04 Å². The minimum Gasteiger partial charge on any atom is -0.324 e. The number of amides is 1. The van der Waals surface area contributed by atoms with Gasteiger partial charge in [-0.15, -0.1) is 0 Å². The van der Waals surface area contributed by atoms with Crippen LogP contribution in [0.3, 0.4) is 0 Å². The molecule has 3 N–H and O–H groups in total. The summed E-state index contributed by atoms with van der Waals surface area (Å²) >= 11 is 0. The molecule has 1 aliphatic rings. The lowest BCUT2D eigenvalue weighted by molar-refractivity contribution is -0.118. The average Bonchev–Trinajstić information content (AvgIpc) is 2.57. The summed E-state index contributed by atoms with van der Waals surface area (Å²) in [5.74, 6) is 0.0609. The first-order chi connectivity index (χ1) is 9.68. The molecule has 0 radical (unpaired) electrons. The number of anilines is 1. The van der Waals surface area contributed by atoms with Crippen molar-refractivity contribution in [3.63, 3.8) is 0 Å². The maximum atomic E-state index is 12.1. The fourth-order valence-corrected chi connectivity index (χ4v) is 2.97. The van der Waals surface area contributed by atoms with Crippen molar-refractivity contribution < 1.29 is 4.79 Å². The molecule has 102 valence electrons.